The van der Waals surface area contributed by atoms with Gasteiger partial charge in [-0.1, -0.05) is 29.3 Å². The van der Waals surface area contributed by atoms with Gasteiger partial charge in [0.2, 0.25) is 0 Å². The Balaban J connectivity index is 2.32. The first-order valence-corrected chi connectivity index (χ1v) is 7.35. The molecule has 0 amide bonds. The molecule has 0 saturated carbocycles. The summed E-state index contributed by atoms with van der Waals surface area (Å²) in [6.45, 7) is 6.56. The van der Waals surface area contributed by atoms with Gasteiger partial charge >= 0.3 is 0 Å². The van der Waals surface area contributed by atoms with Crippen LogP contribution in [0.2, 0.25) is 10.0 Å². The molecule has 1 N–H and O–H groups in total. The van der Waals surface area contributed by atoms with Crippen molar-refractivity contribution in [2.75, 3.05) is 0 Å². The molecule has 0 aliphatic rings. The zero-order valence-electron chi connectivity index (χ0n) is 11.8. The van der Waals surface area contributed by atoms with Gasteiger partial charge in [-0.05, 0) is 44.0 Å². The average Bonchev–Trinajstić information content (AvgIpc) is 2.69. The van der Waals surface area contributed by atoms with Gasteiger partial charge in [0.05, 0.1) is 22.5 Å². The molecule has 108 valence electrons. The molecular weight excluding hydrogens is 295 g/mol. The average molecular weight is 313 g/mol. The van der Waals surface area contributed by atoms with Crippen molar-refractivity contribution in [1.29, 1.82) is 0 Å². The lowest BCUT2D eigenvalue weighted by Crippen LogP contribution is -2.10. The van der Waals surface area contributed by atoms with Crippen LogP contribution < -0.4 is 0 Å². The van der Waals surface area contributed by atoms with Crippen LogP contribution in [0.25, 0.3) is 0 Å². The van der Waals surface area contributed by atoms with Crippen molar-refractivity contribution >= 4 is 23.2 Å². The van der Waals surface area contributed by atoms with Crippen LogP contribution in [0.15, 0.2) is 18.2 Å². The molecule has 1 aromatic carbocycles. The number of aliphatic hydroxyl groups is 1. The van der Waals surface area contributed by atoms with Crippen molar-refractivity contribution in [2.45, 2.75) is 39.8 Å². The quantitative estimate of drug-likeness (QED) is 0.922. The SMILES string of the molecule is CCn1nc(C)c(Cl)c1CC(O)c1cc(Cl)ccc1C. The Morgan fingerprint density at radius 3 is 2.65 bits per heavy atom. The molecule has 20 heavy (non-hydrogen) atoms. The lowest BCUT2D eigenvalue weighted by Gasteiger charge is -2.15. The molecule has 0 saturated heterocycles. The highest BCUT2D eigenvalue weighted by atomic mass is 35.5. The van der Waals surface area contributed by atoms with E-state index in [1.807, 2.05) is 37.6 Å². The molecule has 1 aromatic heterocycles. The number of halogens is 2. The first-order valence-electron chi connectivity index (χ1n) is 6.60. The molecule has 0 spiro atoms. The molecule has 5 heteroatoms. The van der Waals surface area contributed by atoms with E-state index in [2.05, 4.69) is 5.10 Å². The van der Waals surface area contributed by atoms with Gasteiger partial charge in [-0.3, -0.25) is 4.68 Å². The van der Waals surface area contributed by atoms with Crippen LogP contribution in [-0.2, 0) is 13.0 Å². The second-order valence-corrected chi connectivity index (χ2v) is 5.70. The molecule has 3 nitrogen and oxygen atoms in total. The first kappa shape index (κ1) is 15.4. The molecule has 0 aliphatic heterocycles. The van der Waals surface area contributed by atoms with E-state index in [-0.39, 0.29) is 0 Å². The monoisotopic (exact) mass is 312 g/mol. The summed E-state index contributed by atoms with van der Waals surface area (Å²) in [6, 6.07) is 5.53. The minimum absolute atomic E-state index is 0.425. The molecule has 1 unspecified atom stereocenters. The van der Waals surface area contributed by atoms with E-state index in [0.29, 0.717) is 16.5 Å². The Labute approximate surface area is 129 Å². The second kappa shape index (κ2) is 6.17. The van der Waals surface area contributed by atoms with Gasteiger partial charge < -0.3 is 5.11 Å². The number of aryl methyl sites for hydroxylation is 3. The van der Waals surface area contributed by atoms with Gasteiger partial charge in [-0.25, -0.2) is 0 Å². The zero-order valence-corrected chi connectivity index (χ0v) is 13.3. The Morgan fingerprint density at radius 1 is 1.30 bits per heavy atom. The summed E-state index contributed by atoms with van der Waals surface area (Å²) in [4.78, 5) is 0. The van der Waals surface area contributed by atoms with Gasteiger partial charge in [0.1, 0.15) is 0 Å². The number of aliphatic hydroxyl groups excluding tert-OH is 1. The van der Waals surface area contributed by atoms with Crippen LogP contribution in [0.5, 0.6) is 0 Å². The fraction of sp³-hybridized carbons (Fsp3) is 0.400. The number of rotatable bonds is 4. The Kier molecular flexibility index (Phi) is 4.74. The van der Waals surface area contributed by atoms with Gasteiger partial charge in [0, 0.05) is 18.0 Å². The van der Waals surface area contributed by atoms with Crippen molar-refractivity contribution in [3.63, 3.8) is 0 Å². The van der Waals surface area contributed by atoms with Crippen LogP contribution in [0, 0.1) is 13.8 Å². The van der Waals surface area contributed by atoms with Crippen LogP contribution in [0.3, 0.4) is 0 Å². The predicted octanol–water partition coefficient (Wildman–Crippen LogP) is 4.10. The topological polar surface area (TPSA) is 38.0 Å². The van der Waals surface area contributed by atoms with Crippen LogP contribution >= 0.6 is 23.2 Å². The number of nitrogens with zero attached hydrogens (tertiary/aromatic N) is 2. The summed E-state index contributed by atoms with van der Waals surface area (Å²) in [6.07, 6.45) is -0.220. The van der Waals surface area contributed by atoms with E-state index < -0.39 is 6.10 Å². The van der Waals surface area contributed by atoms with E-state index in [1.54, 1.807) is 6.07 Å². The Bertz CT molecular complexity index is 623. The number of hydrogen-bond donors (Lipinski definition) is 1. The standard InChI is InChI=1S/C15H18Cl2N2O/c1-4-19-13(15(17)10(3)18-19)8-14(20)12-7-11(16)6-5-9(12)2/h5-7,14,20H,4,8H2,1-3H3. The summed E-state index contributed by atoms with van der Waals surface area (Å²) in [5.74, 6) is 0. The van der Waals surface area contributed by atoms with Gasteiger partial charge in [0.15, 0.2) is 0 Å². The largest absolute Gasteiger partial charge is 0.388 e. The second-order valence-electron chi connectivity index (χ2n) is 4.88. The summed E-state index contributed by atoms with van der Waals surface area (Å²) >= 11 is 12.3. The lowest BCUT2D eigenvalue weighted by molar-refractivity contribution is 0.174. The van der Waals surface area contributed by atoms with E-state index >= 15 is 0 Å². The Morgan fingerprint density at radius 2 is 2.00 bits per heavy atom. The molecule has 2 aromatic rings. The number of aromatic nitrogens is 2. The zero-order chi connectivity index (χ0) is 14.9. The fourth-order valence-electron chi connectivity index (χ4n) is 2.33. The van der Waals surface area contributed by atoms with Crippen molar-refractivity contribution in [3.05, 3.63) is 50.8 Å². The maximum atomic E-state index is 10.5. The van der Waals surface area contributed by atoms with Crippen LogP contribution in [0.1, 0.15) is 35.5 Å². The highest BCUT2D eigenvalue weighted by molar-refractivity contribution is 6.32. The lowest BCUT2D eigenvalue weighted by atomic mass is 10.00. The third-order valence-corrected chi connectivity index (χ3v) is 4.17. The first-order chi connectivity index (χ1) is 9.43. The fourth-order valence-corrected chi connectivity index (χ4v) is 2.72. The van der Waals surface area contributed by atoms with Gasteiger partial charge in [-0.2, -0.15) is 5.10 Å². The van der Waals surface area contributed by atoms with Crippen molar-refractivity contribution in [3.8, 4) is 0 Å². The summed E-state index contributed by atoms with van der Waals surface area (Å²) < 4.78 is 1.83. The van der Waals surface area contributed by atoms with Gasteiger partial charge in [0.25, 0.3) is 0 Å². The molecule has 0 aliphatic carbocycles. The Hall–Kier alpha value is -1.03. The van der Waals surface area contributed by atoms with Gasteiger partial charge in [-0.15, -0.1) is 0 Å². The minimum atomic E-state index is -0.646. The minimum Gasteiger partial charge on any atom is -0.388 e. The maximum absolute atomic E-state index is 10.5. The molecule has 1 heterocycles. The number of hydrogen-bond acceptors (Lipinski definition) is 2. The summed E-state index contributed by atoms with van der Waals surface area (Å²) in [5, 5.41) is 16.1. The smallest absolute Gasteiger partial charge is 0.0848 e. The molecule has 0 fully saturated rings. The summed E-state index contributed by atoms with van der Waals surface area (Å²) in [7, 11) is 0. The third kappa shape index (κ3) is 3.00. The van der Waals surface area contributed by atoms with Crippen molar-refractivity contribution < 1.29 is 5.11 Å². The molecule has 0 bridgehead atoms. The number of benzene rings is 1. The van der Waals surface area contributed by atoms with E-state index in [4.69, 9.17) is 23.2 Å². The highest BCUT2D eigenvalue weighted by Gasteiger charge is 2.19. The normalized spacial score (nSPS) is 12.7. The van der Waals surface area contributed by atoms with E-state index in [1.165, 1.54) is 0 Å². The predicted molar refractivity (Wildman–Crippen MR) is 82.5 cm³/mol. The van der Waals surface area contributed by atoms with E-state index in [0.717, 1.165) is 29.1 Å². The molecule has 0 radical (unpaired) electrons. The van der Waals surface area contributed by atoms with Crippen LogP contribution in [0.4, 0.5) is 0 Å². The molecule has 2 rings (SSSR count). The maximum Gasteiger partial charge on any atom is 0.0848 e. The van der Waals surface area contributed by atoms with Crippen LogP contribution in [-0.4, -0.2) is 14.9 Å². The molecule has 1 atom stereocenters. The van der Waals surface area contributed by atoms with E-state index in [9.17, 15) is 5.11 Å². The highest BCUT2D eigenvalue weighted by Crippen LogP contribution is 2.28. The third-order valence-electron chi connectivity index (χ3n) is 3.44. The van der Waals surface area contributed by atoms with Crippen molar-refractivity contribution in [1.82, 2.24) is 9.78 Å². The van der Waals surface area contributed by atoms with Crippen molar-refractivity contribution in [2.24, 2.45) is 0 Å². The summed E-state index contributed by atoms with van der Waals surface area (Å²) in [5.41, 5.74) is 3.49. The molecular formula is C15H18Cl2N2O.